The Morgan fingerprint density at radius 2 is 0.944 bits per heavy atom. The van der Waals surface area contributed by atoms with Crippen molar-refractivity contribution >= 4 is 33.0 Å². The van der Waals surface area contributed by atoms with Crippen LogP contribution in [-0.4, -0.2) is 11.7 Å². The maximum atomic E-state index is 9.29. The molecule has 16 heteroatoms. The molecule has 4 unspecified atom stereocenters. The molecular formula is C2H10HfO11P4. The SMILES string of the molecule is CCO.O=[PH]([O-])O[PH](=O)[O-].O=[PH]([O-])O[PH](=O)[O-].[Hf+4]. The molecule has 0 aromatic heterocycles. The van der Waals surface area contributed by atoms with E-state index >= 15 is 0 Å². The molecule has 0 saturated carbocycles. The minimum atomic E-state index is -3.51. The van der Waals surface area contributed by atoms with Crippen molar-refractivity contribution in [2.45, 2.75) is 6.92 Å². The first-order chi connectivity index (χ1) is 7.67. The van der Waals surface area contributed by atoms with Gasteiger partial charge in [0.15, 0.2) is 0 Å². The Labute approximate surface area is 124 Å². The third-order valence-corrected chi connectivity index (χ3v) is 3.00. The van der Waals surface area contributed by atoms with Crippen molar-refractivity contribution in [2.75, 3.05) is 6.61 Å². The number of aliphatic hydroxyl groups excluding tert-OH is 1. The third kappa shape index (κ3) is 52.8. The average molecular weight is 512 g/mol. The van der Waals surface area contributed by atoms with Crippen LogP contribution < -0.4 is 19.6 Å². The van der Waals surface area contributed by atoms with E-state index in [1.807, 2.05) is 0 Å². The minimum Gasteiger partial charge on any atom is -0.781 e. The molecule has 18 heavy (non-hydrogen) atoms. The van der Waals surface area contributed by atoms with E-state index in [9.17, 15) is 37.8 Å². The molecular weight excluding hydrogens is 502 g/mol. The summed E-state index contributed by atoms with van der Waals surface area (Å²) < 4.78 is 43.6. The Morgan fingerprint density at radius 3 is 0.944 bits per heavy atom. The second-order valence-electron chi connectivity index (χ2n) is 1.52. The number of rotatable bonds is 4. The molecule has 0 amide bonds. The summed E-state index contributed by atoms with van der Waals surface area (Å²) in [4.78, 5) is 37.1. The molecule has 0 bridgehead atoms. The summed E-state index contributed by atoms with van der Waals surface area (Å²) in [6, 6.07) is 0. The third-order valence-electron chi connectivity index (χ3n) is 0.333. The molecule has 11 nitrogen and oxygen atoms in total. The Hall–Kier alpha value is 1.51. The van der Waals surface area contributed by atoms with Crippen molar-refractivity contribution < 1.29 is 77.4 Å². The second-order valence-corrected chi connectivity index (χ2v) is 5.15. The number of aliphatic hydroxyl groups is 1. The van der Waals surface area contributed by atoms with Crippen molar-refractivity contribution in [3.63, 3.8) is 0 Å². The molecule has 0 aliphatic rings. The standard InChI is InChI=1S/C2H6O.Hf.2H4O5P2/c1-2-3;;2*1-6(2)5-7(3)4/h3H,2H2,1H3;;2*6-7H,(H,1,2)(H,3,4)/q;+4;;/p-4. The van der Waals surface area contributed by atoms with Crippen LogP contribution in [0.25, 0.3) is 0 Å². The number of hydrogen-bond acceptors (Lipinski definition) is 11. The fraction of sp³-hybridized carbons (Fsp3) is 1.00. The molecule has 0 aromatic rings. The van der Waals surface area contributed by atoms with Crippen LogP contribution in [0.15, 0.2) is 0 Å². The average Bonchev–Trinajstić information content (AvgIpc) is 1.99. The molecule has 0 rings (SSSR count). The Balaban J connectivity index is -0.0000000857. The molecule has 0 heterocycles. The van der Waals surface area contributed by atoms with Gasteiger partial charge in [0.1, 0.15) is 33.0 Å². The van der Waals surface area contributed by atoms with Gasteiger partial charge in [-0.05, 0) is 6.92 Å². The molecule has 0 radical (unpaired) electrons. The first kappa shape index (κ1) is 27.8. The molecule has 108 valence electrons. The molecule has 0 saturated heterocycles. The summed E-state index contributed by atoms with van der Waals surface area (Å²) in [6.07, 6.45) is 0. The van der Waals surface area contributed by atoms with Gasteiger partial charge in [0, 0.05) is 6.61 Å². The van der Waals surface area contributed by atoms with E-state index in [1.165, 1.54) is 0 Å². The van der Waals surface area contributed by atoms with E-state index in [0.717, 1.165) is 0 Å². The van der Waals surface area contributed by atoms with Gasteiger partial charge in [0.25, 0.3) is 0 Å². The molecule has 0 aliphatic heterocycles. The second kappa shape index (κ2) is 20.8. The van der Waals surface area contributed by atoms with Crippen molar-refractivity contribution in [3.8, 4) is 0 Å². The molecule has 0 aliphatic carbocycles. The fourth-order valence-corrected chi connectivity index (χ4v) is 1.22. The Morgan fingerprint density at radius 1 is 0.833 bits per heavy atom. The maximum Gasteiger partial charge on any atom is 4.00 e. The van der Waals surface area contributed by atoms with Crippen LogP contribution in [0.1, 0.15) is 6.92 Å². The van der Waals surface area contributed by atoms with Gasteiger partial charge in [-0.1, -0.05) is 0 Å². The van der Waals surface area contributed by atoms with Gasteiger partial charge in [-0.15, -0.1) is 0 Å². The summed E-state index contributed by atoms with van der Waals surface area (Å²) in [5.41, 5.74) is 0. The van der Waals surface area contributed by atoms with Gasteiger partial charge in [-0.2, -0.15) is 0 Å². The normalized spacial score (nSPS) is 15.4. The molecule has 4 atom stereocenters. The van der Waals surface area contributed by atoms with Gasteiger partial charge >= 0.3 is 25.8 Å². The van der Waals surface area contributed by atoms with Crippen LogP contribution in [0, 0.1) is 0 Å². The summed E-state index contributed by atoms with van der Waals surface area (Å²) in [5, 5.41) is 7.57. The van der Waals surface area contributed by atoms with Crippen LogP contribution in [0.2, 0.25) is 0 Å². The summed E-state index contributed by atoms with van der Waals surface area (Å²) in [5.74, 6) is 0. The van der Waals surface area contributed by atoms with Crippen LogP contribution in [-0.2, 0) is 52.7 Å². The molecule has 0 spiro atoms. The molecule has 0 fully saturated rings. The van der Waals surface area contributed by atoms with Crippen LogP contribution in [0.3, 0.4) is 0 Å². The fourth-order valence-electron chi connectivity index (χ4n) is 0.136. The quantitative estimate of drug-likeness (QED) is 0.297. The zero-order valence-electron chi connectivity index (χ0n) is 8.74. The summed E-state index contributed by atoms with van der Waals surface area (Å²) in [7, 11) is -14.1. The van der Waals surface area contributed by atoms with Gasteiger partial charge < -0.3 is 42.9 Å². The zero-order valence-corrected chi connectivity index (χ0v) is 16.3. The predicted octanol–water partition coefficient (Wildman–Crippen LogP) is -3.00. The van der Waals surface area contributed by atoms with Gasteiger partial charge in [-0.25, -0.2) is 0 Å². The van der Waals surface area contributed by atoms with Crippen molar-refractivity contribution in [1.82, 2.24) is 0 Å². The maximum absolute atomic E-state index is 9.29. The van der Waals surface area contributed by atoms with Crippen molar-refractivity contribution in [2.24, 2.45) is 0 Å². The molecule has 0 aromatic carbocycles. The van der Waals surface area contributed by atoms with E-state index in [1.54, 1.807) is 6.92 Å². The predicted molar refractivity (Wildman–Crippen MR) is 50.9 cm³/mol. The van der Waals surface area contributed by atoms with E-state index in [2.05, 4.69) is 8.62 Å². The zero-order chi connectivity index (χ0) is 14.4. The van der Waals surface area contributed by atoms with E-state index in [0.29, 0.717) is 0 Å². The first-order valence-electron chi connectivity index (χ1n) is 3.47. The smallest absolute Gasteiger partial charge is 0.781 e. The van der Waals surface area contributed by atoms with Crippen molar-refractivity contribution in [3.05, 3.63) is 0 Å². The van der Waals surface area contributed by atoms with Crippen LogP contribution in [0.5, 0.6) is 0 Å². The minimum absolute atomic E-state index is 0. The summed E-state index contributed by atoms with van der Waals surface area (Å²) in [6.45, 7) is 1.93. The monoisotopic (exact) mass is 514 g/mol. The Bertz CT molecular complexity index is 218. The molecule has 1 N–H and O–H groups in total. The van der Waals surface area contributed by atoms with E-state index < -0.39 is 33.0 Å². The van der Waals surface area contributed by atoms with E-state index in [-0.39, 0.29) is 32.5 Å². The van der Waals surface area contributed by atoms with Crippen LogP contribution in [0.4, 0.5) is 0 Å². The van der Waals surface area contributed by atoms with Gasteiger partial charge in [-0.3, -0.25) is 8.62 Å². The van der Waals surface area contributed by atoms with Crippen LogP contribution >= 0.6 is 33.0 Å². The Kier molecular flexibility index (Phi) is 32.1. The summed E-state index contributed by atoms with van der Waals surface area (Å²) >= 11 is 0. The largest absolute Gasteiger partial charge is 4.00 e. The van der Waals surface area contributed by atoms with Gasteiger partial charge in [0.05, 0.1) is 0 Å². The first-order valence-corrected chi connectivity index (χ1v) is 8.37. The number of hydrogen-bond donors (Lipinski definition) is 1. The topological polar surface area (TPSA) is 199 Å². The van der Waals surface area contributed by atoms with Crippen molar-refractivity contribution in [1.29, 1.82) is 0 Å². The van der Waals surface area contributed by atoms with E-state index in [4.69, 9.17) is 5.11 Å². The van der Waals surface area contributed by atoms with Gasteiger partial charge in [0.2, 0.25) is 0 Å².